The minimum Gasteiger partial charge on any atom is -0.305 e. The Morgan fingerprint density at radius 2 is 2.29 bits per heavy atom. The predicted octanol–water partition coefficient (Wildman–Crippen LogP) is 3.23. The molecule has 1 aromatic heterocycles. The zero-order valence-electron chi connectivity index (χ0n) is 9.94. The zero-order valence-corrected chi connectivity index (χ0v) is 10.8. The molecule has 0 aliphatic heterocycles. The summed E-state index contributed by atoms with van der Waals surface area (Å²) in [4.78, 5) is 5.64. The second-order valence-corrected chi connectivity index (χ2v) is 5.47. The van der Waals surface area contributed by atoms with Crippen LogP contribution in [0, 0.1) is 6.92 Å². The van der Waals surface area contributed by atoms with Gasteiger partial charge in [0.15, 0.2) is 0 Å². The molecule has 1 unspecified atom stereocenters. The van der Waals surface area contributed by atoms with Crippen LogP contribution in [0.25, 0.3) is 0 Å². The molecule has 0 saturated carbocycles. The fraction of sp³-hybridized carbons (Fsp3) is 0.357. The first-order valence-corrected chi connectivity index (χ1v) is 6.92. The molecule has 2 aromatic rings. The van der Waals surface area contributed by atoms with Crippen LogP contribution < -0.4 is 5.32 Å². The molecule has 0 spiro atoms. The van der Waals surface area contributed by atoms with Gasteiger partial charge in [-0.1, -0.05) is 24.3 Å². The van der Waals surface area contributed by atoms with Crippen LogP contribution in [0.2, 0.25) is 0 Å². The Labute approximate surface area is 106 Å². The minimum absolute atomic E-state index is 0.521. The van der Waals surface area contributed by atoms with Gasteiger partial charge in [-0.2, -0.15) is 0 Å². The normalized spacial score (nSPS) is 18.3. The first kappa shape index (κ1) is 10.9. The molecular formula is C14H16N2S. The lowest BCUT2D eigenvalue weighted by Crippen LogP contribution is -2.18. The number of thiazole rings is 1. The highest BCUT2D eigenvalue weighted by Gasteiger charge is 2.21. The molecule has 1 aliphatic carbocycles. The van der Waals surface area contributed by atoms with Crippen LogP contribution in [0.3, 0.4) is 0 Å². The van der Waals surface area contributed by atoms with Gasteiger partial charge in [-0.15, -0.1) is 11.3 Å². The number of hydrogen-bond donors (Lipinski definition) is 1. The Kier molecular flexibility index (Phi) is 2.95. The van der Waals surface area contributed by atoms with E-state index < -0.39 is 0 Å². The lowest BCUT2D eigenvalue weighted by molar-refractivity contribution is 0.532. The summed E-state index contributed by atoms with van der Waals surface area (Å²) < 4.78 is 0. The van der Waals surface area contributed by atoms with E-state index in [-0.39, 0.29) is 0 Å². The maximum atomic E-state index is 4.28. The van der Waals surface area contributed by atoms with E-state index in [1.807, 2.05) is 5.51 Å². The fourth-order valence-corrected chi connectivity index (χ4v) is 3.21. The molecule has 0 saturated heterocycles. The highest BCUT2D eigenvalue weighted by atomic mass is 32.1. The largest absolute Gasteiger partial charge is 0.305 e. The average Bonchev–Trinajstić information content (AvgIpc) is 2.93. The predicted molar refractivity (Wildman–Crippen MR) is 71.2 cm³/mol. The Morgan fingerprint density at radius 1 is 1.41 bits per heavy atom. The second-order valence-electron chi connectivity index (χ2n) is 4.53. The van der Waals surface area contributed by atoms with Gasteiger partial charge in [-0.25, -0.2) is 4.98 Å². The van der Waals surface area contributed by atoms with E-state index in [2.05, 4.69) is 41.5 Å². The molecule has 88 valence electrons. The van der Waals surface area contributed by atoms with E-state index in [4.69, 9.17) is 0 Å². The monoisotopic (exact) mass is 244 g/mol. The summed E-state index contributed by atoms with van der Waals surface area (Å²) in [5.41, 5.74) is 6.07. The van der Waals surface area contributed by atoms with Crippen molar-refractivity contribution in [3.8, 4) is 0 Å². The summed E-state index contributed by atoms with van der Waals surface area (Å²) in [6.45, 7) is 3.02. The topological polar surface area (TPSA) is 24.9 Å². The zero-order chi connectivity index (χ0) is 11.7. The van der Waals surface area contributed by atoms with Gasteiger partial charge in [0.1, 0.15) is 0 Å². The van der Waals surface area contributed by atoms with Crippen LogP contribution in [0.1, 0.15) is 34.2 Å². The van der Waals surface area contributed by atoms with E-state index in [9.17, 15) is 0 Å². The van der Waals surface area contributed by atoms with Gasteiger partial charge in [-0.3, -0.25) is 0 Å². The first-order chi connectivity index (χ1) is 8.34. The summed E-state index contributed by atoms with van der Waals surface area (Å²) in [6, 6.07) is 9.28. The number of nitrogens with one attached hydrogen (secondary N) is 1. The molecule has 1 N–H and O–H groups in total. The van der Waals surface area contributed by atoms with Crippen LogP contribution in [0.5, 0.6) is 0 Å². The van der Waals surface area contributed by atoms with Crippen LogP contribution in [-0.2, 0) is 13.0 Å². The molecule has 3 rings (SSSR count). The molecule has 17 heavy (non-hydrogen) atoms. The molecule has 0 fully saturated rings. The van der Waals surface area contributed by atoms with E-state index in [1.54, 1.807) is 11.3 Å². The minimum atomic E-state index is 0.521. The molecule has 0 amide bonds. The van der Waals surface area contributed by atoms with E-state index in [0.717, 1.165) is 12.2 Å². The summed E-state index contributed by atoms with van der Waals surface area (Å²) in [7, 11) is 0. The standard InChI is InChI=1S/C14H16N2S/c1-10-14(17-9-16-10)8-15-13-7-6-11-4-2-3-5-12(11)13/h2-5,9,13,15H,6-8H2,1H3. The van der Waals surface area contributed by atoms with E-state index >= 15 is 0 Å². The summed E-state index contributed by atoms with van der Waals surface area (Å²) in [6.07, 6.45) is 2.42. The number of rotatable bonds is 3. The van der Waals surface area contributed by atoms with Crippen LogP contribution in [0.4, 0.5) is 0 Å². The summed E-state index contributed by atoms with van der Waals surface area (Å²) in [5.74, 6) is 0. The van der Waals surface area contributed by atoms with Crippen molar-refractivity contribution in [3.05, 3.63) is 51.5 Å². The number of hydrogen-bond acceptors (Lipinski definition) is 3. The van der Waals surface area contributed by atoms with Crippen molar-refractivity contribution in [2.24, 2.45) is 0 Å². The molecule has 1 atom stereocenters. The smallest absolute Gasteiger partial charge is 0.0798 e. The average molecular weight is 244 g/mol. The lowest BCUT2D eigenvalue weighted by Gasteiger charge is -2.13. The molecule has 1 heterocycles. The van der Waals surface area contributed by atoms with Gasteiger partial charge in [0.05, 0.1) is 11.2 Å². The summed E-state index contributed by atoms with van der Waals surface area (Å²) >= 11 is 1.74. The van der Waals surface area contributed by atoms with Crippen molar-refractivity contribution in [3.63, 3.8) is 0 Å². The van der Waals surface area contributed by atoms with Crippen molar-refractivity contribution >= 4 is 11.3 Å². The number of aromatic nitrogens is 1. The molecule has 1 aromatic carbocycles. The van der Waals surface area contributed by atoms with Crippen LogP contribution in [0.15, 0.2) is 29.8 Å². The maximum Gasteiger partial charge on any atom is 0.0798 e. The van der Waals surface area contributed by atoms with Crippen molar-refractivity contribution < 1.29 is 0 Å². The van der Waals surface area contributed by atoms with Crippen LogP contribution >= 0.6 is 11.3 Å². The molecular weight excluding hydrogens is 228 g/mol. The molecule has 0 bridgehead atoms. The van der Waals surface area contributed by atoms with Gasteiger partial charge in [0.25, 0.3) is 0 Å². The molecule has 3 heteroatoms. The lowest BCUT2D eigenvalue weighted by atomic mass is 10.1. The number of nitrogens with zero attached hydrogens (tertiary/aromatic N) is 1. The van der Waals surface area contributed by atoms with Crippen molar-refractivity contribution in [2.75, 3.05) is 0 Å². The first-order valence-electron chi connectivity index (χ1n) is 6.05. The number of fused-ring (bicyclic) bond motifs is 1. The second kappa shape index (κ2) is 4.59. The van der Waals surface area contributed by atoms with Gasteiger partial charge >= 0.3 is 0 Å². The van der Waals surface area contributed by atoms with Gasteiger partial charge in [0, 0.05) is 17.5 Å². The third-order valence-electron chi connectivity index (χ3n) is 3.49. The Balaban J connectivity index is 1.70. The Hall–Kier alpha value is -1.19. The highest BCUT2D eigenvalue weighted by molar-refractivity contribution is 7.09. The quantitative estimate of drug-likeness (QED) is 0.896. The van der Waals surface area contributed by atoms with Gasteiger partial charge in [-0.05, 0) is 30.9 Å². The van der Waals surface area contributed by atoms with Gasteiger partial charge < -0.3 is 5.32 Å². The van der Waals surface area contributed by atoms with Crippen molar-refractivity contribution in [2.45, 2.75) is 32.4 Å². The molecule has 2 nitrogen and oxygen atoms in total. The molecule has 1 aliphatic rings. The molecule has 0 radical (unpaired) electrons. The van der Waals surface area contributed by atoms with Crippen LogP contribution in [-0.4, -0.2) is 4.98 Å². The maximum absolute atomic E-state index is 4.28. The van der Waals surface area contributed by atoms with Crippen molar-refractivity contribution in [1.29, 1.82) is 0 Å². The Morgan fingerprint density at radius 3 is 3.12 bits per heavy atom. The SMILES string of the molecule is Cc1ncsc1CNC1CCc2ccccc21. The highest BCUT2D eigenvalue weighted by Crippen LogP contribution is 2.31. The third kappa shape index (κ3) is 2.13. The van der Waals surface area contributed by atoms with Gasteiger partial charge in [0.2, 0.25) is 0 Å². The van der Waals surface area contributed by atoms with Crippen molar-refractivity contribution in [1.82, 2.24) is 10.3 Å². The van der Waals surface area contributed by atoms with E-state index in [0.29, 0.717) is 6.04 Å². The Bertz CT molecular complexity index is 518. The fourth-order valence-electron chi connectivity index (χ4n) is 2.48. The number of benzene rings is 1. The number of aryl methyl sites for hydroxylation is 2. The third-order valence-corrected chi connectivity index (χ3v) is 4.42. The summed E-state index contributed by atoms with van der Waals surface area (Å²) in [5, 5.41) is 3.65. The van der Waals surface area contributed by atoms with E-state index in [1.165, 1.54) is 28.8 Å².